The number of nitrogens with one attached hydrogen (secondary N) is 1. The summed E-state index contributed by atoms with van der Waals surface area (Å²) in [4.78, 5) is 29.9. The first-order valence-electron chi connectivity index (χ1n) is 13.1. The van der Waals surface area contributed by atoms with Gasteiger partial charge in [0.2, 0.25) is 5.91 Å². The largest absolute Gasteiger partial charge is 0.478 e. The number of amides is 1. The minimum absolute atomic E-state index is 0.150. The summed E-state index contributed by atoms with van der Waals surface area (Å²) in [6, 6.07) is 13.4. The summed E-state index contributed by atoms with van der Waals surface area (Å²) in [7, 11) is 1.48. The van der Waals surface area contributed by atoms with Crippen LogP contribution in [0.4, 0.5) is 18.9 Å². The molecule has 1 saturated carbocycles. The van der Waals surface area contributed by atoms with Crippen molar-refractivity contribution in [2.24, 2.45) is 5.92 Å². The molecule has 1 aliphatic carbocycles. The summed E-state index contributed by atoms with van der Waals surface area (Å²) in [6.07, 6.45) is 3.33. The number of hydrogen-bond donors (Lipinski definition) is 2. The van der Waals surface area contributed by atoms with Crippen molar-refractivity contribution in [2.45, 2.75) is 44.2 Å². The molecule has 0 unspecified atom stereocenters. The maximum Gasteiger partial charge on any atom is 0.335 e. The Balaban J connectivity index is 1.68. The molecule has 1 aliphatic rings. The monoisotopic (exact) mass is 551 g/mol. The molecular weight excluding hydrogens is 523 g/mol. The zero-order valence-electron chi connectivity index (χ0n) is 21.7. The molecule has 2 atom stereocenters. The lowest BCUT2D eigenvalue weighted by Crippen LogP contribution is -2.35. The Morgan fingerprint density at radius 3 is 2.33 bits per heavy atom. The number of aromatic nitrogens is 2. The van der Waals surface area contributed by atoms with Crippen LogP contribution < -0.4 is 5.32 Å². The maximum absolute atomic E-state index is 14.8. The molecule has 0 aliphatic heterocycles. The summed E-state index contributed by atoms with van der Waals surface area (Å²) in [5.41, 5.74) is 0.633. The number of hydrogen-bond acceptors (Lipinski definition) is 4. The van der Waals surface area contributed by atoms with Crippen LogP contribution in [0.1, 0.15) is 66.0 Å². The first-order chi connectivity index (χ1) is 19.3. The Morgan fingerprint density at radius 1 is 0.975 bits per heavy atom. The molecular formula is C30H28F3N3O4. The fourth-order valence-electron chi connectivity index (χ4n) is 5.55. The number of benzene rings is 3. The minimum Gasteiger partial charge on any atom is -0.478 e. The normalized spacial score (nSPS) is 15.6. The van der Waals surface area contributed by atoms with Gasteiger partial charge in [-0.25, -0.2) is 22.9 Å². The zero-order valence-corrected chi connectivity index (χ0v) is 21.7. The number of ether oxygens (including phenoxy) is 1. The number of methoxy groups -OCH3 is 1. The van der Waals surface area contributed by atoms with Gasteiger partial charge in [-0.1, -0.05) is 49.6 Å². The third-order valence-electron chi connectivity index (χ3n) is 7.45. The molecule has 1 heterocycles. The van der Waals surface area contributed by atoms with Crippen molar-refractivity contribution < 1.29 is 32.6 Å². The molecule has 7 nitrogen and oxygen atoms in total. The van der Waals surface area contributed by atoms with E-state index in [-0.39, 0.29) is 34.0 Å². The highest BCUT2D eigenvalue weighted by molar-refractivity contribution is 5.96. The number of carboxylic acids is 1. The number of rotatable bonds is 8. The van der Waals surface area contributed by atoms with E-state index in [0.717, 1.165) is 43.0 Å². The van der Waals surface area contributed by atoms with Gasteiger partial charge < -0.3 is 19.7 Å². The van der Waals surface area contributed by atoms with Crippen molar-refractivity contribution in [1.29, 1.82) is 0 Å². The van der Waals surface area contributed by atoms with Gasteiger partial charge in [0.25, 0.3) is 0 Å². The van der Waals surface area contributed by atoms with E-state index in [1.807, 2.05) is 30.3 Å². The van der Waals surface area contributed by atoms with Gasteiger partial charge in [0.1, 0.15) is 23.8 Å². The zero-order chi connectivity index (χ0) is 28.4. The van der Waals surface area contributed by atoms with Gasteiger partial charge in [-0.3, -0.25) is 4.79 Å². The van der Waals surface area contributed by atoms with Crippen molar-refractivity contribution in [1.82, 2.24) is 9.55 Å². The predicted octanol–water partition coefficient (Wildman–Crippen LogP) is 6.65. The molecule has 208 valence electrons. The van der Waals surface area contributed by atoms with Gasteiger partial charge in [-0.15, -0.1) is 0 Å². The number of aromatic carboxylic acids is 1. The molecule has 0 bridgehead atoms. The highest BCUT2D eigenvalue weighted by Gasteiger charge is 2.37. The van der Waals surface area contributed by atoms with Crippen LogP contribution in [0, 0.1) is 23.4 Å². The molecule has 10 heteroatoms. The van der Waals surface area contributed by atoms with E-state index < -0.39 is 41.5 Å². The van der Waals surface area contributed by atoms with Crippen LogP contribution >= 0.6 is 0 Å². The minimum atomic E-state index is -1.30. The number of fused-ring (bicyclic) bond motifs is 1. The first kappa shape index (κ1) is 27.4. The average molecular weight is 552 g/mol. The Morgan fingerprint density at radius 2 is 1.68 bits per heavy atom. The van der Waals surface area contributed by atoms with Crippen LogP contribution in [-0.4, -0.2) is 33.6 Å². The molecule has 40 heavy (non-hydrogen) atoms. The molecule has 0 radical (unpaired) electrons. The number of carboxylic acid groups (broad SMARTS) is 1. The van der Waals surface area contributed by atoms with Crippen LogP contribution in [0.2, 0.25) is 0 Å². The van der Waals surface area contributed by atoms with E-state index in [2.05, 4.69) is 10.3 Å². The highest BCUT2D eigenvalue weighted by Crippen LogP contribution is 2.40. The van der Waals surface area contributed by atoms with Gasteiger partial charge in [-0.2, -0.15) is 0 Å². The van der Waals surface area contributed by atoms with Gasteiger partial charge in [0, 0.05) is 19.2 Å². The van der Waals surface area contributed by atoms with Crippen molar-refractivity contribution in [2.75, 3.05) is 12.4 Å². The fraction of sp³-hybridized carbons (Fsp3) is 0.300. The van der Waals surface area contributed by atoms with Gasteiger partial charge in [0.05, 0.1) is 22.3 Å². The van der Waals surface area contributed by atoms with Gasteiger partial charge in [0.15, 0.2) is 11.6 Å². The molecule has 1 amide bonds. The second-order valence-corrected chi connectivity index (χ2v) is 9.95. The number of carbonyl (C=O) groups excluding carboxylic acids is 1. The van der Waals surface area contributed by atoms with E-state index in [4.69, 9.17) is 4.74 Å². The van der Waals surface area contributed by atoms with E-state index in [1.54, 1.807) is 4.57 Å². The Bertz CT molecular complexity index is 1550. The average Bonchev–Trinajstić information content (AvgIpc) is 3.28. The molecule has 1 fully saturated rings. The van der Waals surface area contributed by atoms with Crippen molar-refractivity contribution >= 4 is 28.6 Å². The van der Waals surface area contributed by atoms with Crippen LogP contribution in [0.25, 0.3) is 11.0 Å². The molecule has 0 saturated heterocycles. The number of halogens is 3. The second kappa shape index (κ2) is 11.5. The molecule has 4 aromatic rings. The lowest BCUT2D eigenvalue weighted by Gasteiger charge is -2.33. The standard InChI is InChI=1S/C30H28F3N3O4/c1-40-27(18-10-6-3-7-11-18)28-34-24-15-20(31)21(32)16-25(24)36(28)26(17-8-4-2-5-9-17)29(37)35-23-13-12-19(30(38)39)14-22(23)33/h3,6-7,10-17,26-27H,2,4-5,8-9H2,1H3,(H,35,37)(H,38,39)/t26-,27+/m1/s1. The summed E-state index contributed by atoms with van der Waals surface area (Å²) in [5, 5.41) is 11.8. The summed E-state index contributed by atoms with van der Waals surface area (Å²) in [5.74, 6) is -4.88. The first-order valence-corrected chi connectivity index (χ1v) is 13.1. The SMILES string of the molecule is CO[C@@H](c1ccccc1)c1nc2cc(F)c(F)cc2n1[C@@H](C(=O)Nc1ccc(C(=O)O)cc1F)C1CCCCC1. The number of anilines is 1. The van der Waals surface area contributed by atoms with Crippen molar-refractivity contribution in [3.8, 4) is 0 Å². The molecule has 5 rings (SSSR count). The Hall–Kier alpha value is -4.18. The van der Waals surface area contributed by atoms with Crippen LogP contribution in [0.3, 0.4) is 0 Å². The molecule has 1 aromatic heterocycles. The lowest BCUT2D eigenvalue weighted by atomic mass is 9.83. The van der Waals surface area contributed by atoms with Crippen molar-refractivity contribution in [3.05, 3.63) is 95.1 Å². The fourth-order valence-corrected chi connectivity index (χ4v) is 5.55. The smallest absolute Gasteiger partial charge is 0.335 e. The third kappa shape index (κ3) is 5.31. The number of nitrogens with zero attached hydrogens (tertiary/aromatic N) is 2. The third-order valence-corrected chi connectivity index (χ3v) is 7.45. The Kier molecular flexibility index (Phi) is 7.88. The van der Waals surface area contributed by atoms with Crippen molar-refractivity contribution in [3.63, 3.8) is 0 Å². The summed E-state index contributed by atoms with van der Waals surface area (Å²) >= 11 is 0. The molecule has 2 N–H and O–H groups in total. The number of imidazole rings is 1. The second-order valence-electron chi connectivity index (χ2n) is 9.95. The van der Waals surface area contributed by atoms with Crippen LogP contribution in [0.5, 0.6) is 0 Å². The summed E-state index contributed by atoms with van der Waals surface area (Å²) < 4.78 is 51.2. The lowest BCUT2D eigenvalue weighted by molar-refractivity contribution is -0.121. The highest BCUT2D eigenvalue weighted by atomic mass is 19.2. The van der Waals surface area contributed by atoms with Gasteiger partial charge in [-0.05, 0) is 42.5 Å². The topological polar surface area (TPSA) is 93.5 Å². The van der Waals surface area contributed by atoms with Crippen LogP contribution in [0.15, 0.2) is 60.7 Å². The number of carbonyl (C=O) groups is 2. The van der Waals surface area contributed by atoms with Gasteiger partial charge >= 0.3 is 5.97 Å². The predicted molar refractivity (Wildman–Crippen MR) is 143 cm³/mol. The quantitative estimate of drug-likeness (QED) is 0.256. The summed E-state index contributed by atoms with van der Waals surface area (Å²) in [6.45, 7) is 0. The Labute approximate surface area is 228 Å². The maximum atomic E-state index is 14.8. The van der Waals surface area contributed by atoms with E-state index in [9.17, 15) is 27.9 Å². The van der Waals surface area contributed by atoms with Crippen LogP contribution in [-0.2, 0) is 9.53 Å². The molecule has 3 aromatic carbocycles. The van der Waals surface area contributed by atoms with E-state index in [1.165, 1.54) is 19.2 Å². The van der Waals surface area contributed by atoms with E-state index in [0.29, 0.717) is 12.8 Å². The molecule has 0 spiro atoms. The van der Waals surface area contributed by atoms with E-state index >= 15 is 0 Å².